The first-order valence-electron chi connectivity index (χ1n) is 6.50. The Labute approximate surface area is 123 Å². The van der Waals surface area contributed by atoms with Crippen molar-refractivity contribution in [2.24, 2.45) is 0 Å². The summed E-state index contributed by atoms with van der Waals surface area (Å²) in [5.74, 6) is 1.57. The highest BCUT2D eigenvalue weighted by atomic mass is 79.9. The quantitative estimate of drug-likeness (QED) is 0.921. The van der Waals surface area contributed by atoms with Gasteiger partial charge in [-0.2, -0.15) is 0 Å². The molecule has 1 N–H and O–H groups in total. The van der Waals surface area contributed by atoms with Crippen molar-refractivity contribution in [2.75, 3.05) is 39.7 Å². The smallest absolute Gasteiger partial charge is 0.138 e. The van der Waals surface area contributed by atoms with Crippen LogP contribution in [0, 0.1) is 0 Å². The van der Waals surface area contributed by atoms with E-state index in [0.29, 0.717) is 6.04 Å². The lowest BCUT2D eigenvalue weighted by atomic mass is 10.1. The van der Waals surface area contributed by atoms with Crippen LogP contribution < -0.4 is 14.8 Å². The number of nitrogens with zero attached hydrogens (tertiary/aromatic N) is 1. The highest BCUT2D eigenvalue weighted by Crippen LogP contribution is 2.37. The van der Waals surface area contributed by atoms with Crippen molar-refractivity contribution in [3.8, 4) is 11.5 Å². The largest absolute Gasteiger partial charge is 0.495 e. The molecule has 106 valence electrons. The fraction of sp³-hybridized carbons (Fsp3) is 0.571. The van der Waals surface area contributed by atoms with Crippen molar-refractivity contribution in [3.63, 3.8) is 0 Å². The zero-order valence-corrected chi connectivity index (χ0v) is 13.3. The number of ether oxygens (including phenoxy) is 2. The predicted octanol–water partition coefficient (Wildman–Crippen LogP) is 2.97. The Morgan fingerprint density at radius 2 is 1.68 bits per heavy atom. The molecule has 5 heteroatoms. The number of benzene rings is 1. The van der Waals surface area contributed by atoms with Crippen molar-refractivity contribution in [1.82, 2.24) is 4.90 Å². The minimum atomic E-state index is 0.520. The predicted molar refractivity (Wildman–Crippen MR) is 81.4 cm³/mol. The molecule has 2 rings (SSSR count). The average Bonchev–Trinajstić information content (AvgIpc) is 2.43. The van der Waals surface area contributed by atoms with Gasteiger partial charge in [0.2, 0.25) is 0 Å². The molecular weight excluding hydrogens is 308 g/mol. The number of likely N-dealkylation sites (tertiary alicyclic amines) is 1. The second kappa shape index (κ2) is 6.48. The Kier molecular flexibility index (Phi) is 4.93. The molecular formula is C14H21BrN2O2. The summed E-state index contributed by atoms with van der Waals surface area (Å²) in [6.07, 6.45) is 2.33. The molecule has 1 aliphatic rings. The van der Waals surface area contributed by atoms with Crippen LogP contribution in [0.25, 0.3) is 0 Å². The number of rotatable bonds is 4. The van der Waals surface area contributed by atoms with E-state index in [1.54, 1.807) is 14.2 Å². The summed E-state index contributed by atoms with van der Waals surface area (Å²) in [6, 6.07) is 4.53. The first kappa shape index (κ1) is 14.5. The van der Waals surface area contributed by atoms with Crippen molar-refractivity contribution in [3.05, 3.63) is 16.6 Å². The molecule has 0 saturated carbocycles. The van der Waals surface area contributed by atoms with Crippen LogP contribution >= 0.6 is 15.9 Å². The highest BCUT2D eigenvalue weighted by molar-refractivity contribution is 9.10. The molecule has 0 unspecified atom stereocenters. The van der Waals surface area contributed by atoms with Crippen LogP contribution in [0.4, 0.5) is 5.69 Å². The van der Waals surface area contributed by atoms with Gasteiger partial charge in [0.1, 0.15) is 16.0 Å². The first-order chi connectivity index (χ1) is 9.13. The summed E-state index contributed by atoms with van der Waals surface area (Å²) in [4.78, 5) is 2.36. The standard InChI is InChI=1S/C14H21BrN2O2/c1-17-6-4-10(5-7-17)16-11-8-12(18-2)14(15)13(9-11)19-3/h8-10,16H,4-7H2,1-3H3. The van der Waals surface area contributed by atoms with Gasteiger partial charge in [-0.05, 0) is 48.9 Å². The van der Waals surface area contributed by atoms with Crippen molar-refractivity contribution in [1.29, 1.82) is 0 Å². The van der Waals surface area contributed by atoms with Gasteiger partial charge in [-0.1, -0.05) is 0 Å². The lowest BCUT2D eigenvalue weighted by Gasteiger charge is -2.30. The molecule has 1 aliphatic heterocycles. The monoisotopic (exact) mass is 328 g/mol. The van der Waals surface area contributed by atoms with Crippen LogP contribution in [0.3, 0.4) is 0 Å². The molecule has 0 aromatic heterocycles. The molecule has 1 fully saturated rings. The topological polar surface area (TPSA) is 33.7 Å². The first-order valence-corrected chi connectivity index (χ1v) is 7.30. The molecule has 0 aliphatic carbocycles. The molecule has 0 spiro atoms. The van der Waals surface area contributed by atoms with Crippen molar-refractivity contribution >= 4 is 21.6 Å². The van der Waals surface area contributed by atoms with Gasteiger partial charge in [-0.15, -0.1) is 0 Å². The normalized spacial score (nSPS) is 17.3. The number of hydrogen-bond acceptors (Lipinski definition) is 4. The number of nitrogens with one attached hydrogen (secondary N) is 1. The van der Waals surface area contributed by atoms with E-state index < -0.39 is 0 Å². The van der Waals surface area contributed by atoms with E-state index in [4.69, 9.17) is 9.47 Å². The maximum Gasteiger partial charge on any atom is 0.138 e. The van der Waals surface area contributed by atoms with Gasteiger partial charge in [0.25, 0.3) is 0 Å². The van der Waals surface area contributed by atoms with E-state index in [2.05, 4.69) is 33.2 Å². The number of hydrogen-bond donors (Lipinski definition) is 1. The minimum Gasteiger partial charge on any atom is -0.495 e. The SMILES string of the molecule is COc1cc(NC2CCN(C)CC2)cc(OC)c1Br. The Balaban J connectivity index is 2.11. The molecule has 1 aromatic carbocycles. The third kappa shape index (κ3) is 3.54. The molecule has 0 atom stereocenters. The molecule has 0 bridgehead atoms. The molecule has 0 radical (unpaired) electrons. The summed E-state index contributed by atoms with van der Waals surface area (Å²) >= 11 is 3.48. The van der Waals surface area contributed by atoms with Gasteiger partial charge >= 0.3 is 0 Å². The van der Waals surface area contributed by atoms with Crippen LogP contribution in [-0.4, -0.2) is 45.3 Å². The third-order valence-electron chi connectivity index (χ3n) is 3.54. The summed E-state index contributed by atoms with van der Waals surface area (Å²) in [7, 11) is 5.50. The Morgan fingerprint density at radius 1 is 1.16 bits per heavy atom. The summed E-state index contributed by atoms with van der Waals surface area (Å²) in [6.45, 7) is 2.28. The lowest BCUT2D eigenvalue weighted by Crippen LogP contribution is -2.36. The van der Waals surface area contributed by atoms with E-state index in [9.17, 15) is 0 Å². The van der Waals surface area contributed by atoms with E-state index in [0.717, 1.165) is 47.6 Å². The Hall–Kier alpha value is -0.940. The second-order valence-corrected chi connectivity index (χ2v) is 5.71. The summed E-state index contributed by atoms with van der Waals surface area (Å²) < 4.78 is 11.6. The average molecular weight is 329 g/mol. The molecule has 0 amide bonds. The van der Waals surface area contributed by atoms with Gasteiger partial charge in [0.15, 0.2) is 0 Å². The number of piperidine rings is 1. The van der Waals surface area contributed by atoms with Crippen LogP contribution in [0.15, 0.2) is 16.6 Å². The number of halogens is 1. The van der Waals surface area contributed by atoms with Crippen molar-refractivity contribution < 1.29 is 9.47 Å². The molecule has 19 heavy (non-hydrogen) atoms. The van der Waals surface area contributed by atoms with Gasteiger partial charge in [-0.25, -0.2) is 0 Å². The van der Waals surface area contributed by atoms with E-state index >= 15 is 0 Å². The number of anilines is 1. The van der Waals surface area contributed by atoms with Crippen LogP contribution in [0.5, 0.6) is 11.5 Å². The van der Waals surface area contributed by atoms with Crippen LogP contribution in [0.2, 0.25) is 0 Å². The third-order valence-corrected chi connectivity index (χ3v) is 4.32. The summed E-state index contributed by atoms with van der Waals surface area (Å²) in [5.41, 5.74) is 1.05. The zero-order chi connectivity index (χ0) is 13.8. The van der Waals surface area contributed by atoms with Gasteiger partial charge in [-0.3, -0.25) is 0 Å². The maximum atomic E-state index is 5.36. The zero-order valence-electron chi connectivity index (χ0n) is 11.7. The second-order valence-electron chi connectivity index (χ2n) is 4.92. The number of methoxy groups -OCH3 is 2. The molecule has 1 aromatic rings. The fourth-order valence-electron chi connectivity index (χ4n) is 2.34. The molecule has 1 saturated heterocycles. The minimum absolute atomic E-state index is 0.520. The molecule has 4 nitrogen and oxygen atoms in total. The van der Waals surface area contributed by atoms with Crippen LogP contribution in [0.1, 0.15) is 12.8 Å². The van der Waals surface area contributed by atoms with E-state index in [-0.39, 0.29) is 0 Å². The molecule has 1 heterocycles. The van der Waals surface area contributed by atoms with Gasteiger partial charge in [0.05, 0.1) is 14.2 Å². The van der Waals surface area contributed by atoms with Gasteiger partial charge in [0, 0.05) is 23.9 Å². The van der Waals surface area contributed by atoms with Crippen molar-refractivity contribution in [2.45, 2.75) is 18.9 Å². The Bertz CT molecular complexity index is 406. The summed E-state index contributed by atoms with van der Waals surface area (Å²) in [5, 5.41) is 3.57. The van der Waals surface area contributed by atoms with E-state index in [1.807, 2.05) is 12.1 Å². The van der Waals surface area contributed by atoms with Gasteiger partial charge < -0.3 is 19.7 Å². The Morgan fingerprint density at radius 3 is 2.16 bits per heavy atom. The lowest BCUT2D eigenvalue weighted by molar-refractivity contribution is 0.264. The van der Waals surface area contributed by atoms with E-state index in [1.165, 1.54) is 0 Å². The fourth-order valence-corrected chi connectivity index (χ4v) is 2.89. The maximum absolute atomic E-state index is 5.36. The van der Waals surface area contributed by atoms with Crippen LogP contribution in [-0.2, 0) is 0 Å². The highest BCUT2D eigenvalue weighted by Gasteiger charge is 2.17.